The number of nitrogens with zero attached hydrogens (tertiary/aromatic N) is 1. The Balaban J connectivity index is 2.82. The van der Waals surface area contributed by atoms with Crippen molar-refractivity contribution < 1.29 is 9.90 Å². The van der Waals surface area contributed by atoms with Crippen LogP contribution in [0.3, 0.4) is 0 Å². The molecule has 1 rings (SSSR count). The number of aliphatic carboxylic acids is 1. The maximum Gasteiger partial charge on any atom is 0.328 e. The third kappa shape index (κ3) is 5.09. The molecule has 1 atom stereocenters. The summed E-state index contributed by atoms with van der Waals surface area (Å²) in [6.07, 6.45) is 1.29. The van der Waals surface area contributed by atoms with Crippen LogP contribution in [0.2, 0.25) is 0 Å². The van der Waals surface area contributed by atoms with Gasteiger partial charge in [-0.3, -0.25) is 19.1 Å². The Morgan fingerprint density at radius 2 is 2.11 bits per heavy atom. The molecule has 0 fully saturated rings. The van der Waals surface area contributed by atoms with E-state index in [2.05, 4.69) is 10.3 Å². The summed E-state index contributed by atoms with van der Waals surface area (Å²) >= 11 is 0. The van der Waals surface area contributed by atoms with E-state index < -0.39 is 23.3 Å². The van der Waals surface area contributed by atoms with E-state index in [1.54, 1.807) is 0 Å². The molecule has 0 radical (unpaired) electrons. The smallest absolute Gasteiger partial charge is 0.328 e. The highest BCUT2D eigenvalue weighted by molar-refractivity contribution is 5.73. The number of carboxylic acids is 1. The lowest BCUT2D eigenvalue weighted by molar-refractivity contribution is -0.140. The van der Waals surface area contributed by atoms with E-state index in [1.165, 1.54) is 12.3 Å². The third-order valence-corrected chi connectivity index (χ3v) is 2.45. The first-order valence-electron chi connectivity index (χ1n) is 5.95. The van der Waals surface area contributed by atoms with Crippen LogP contribution < -0.4 is 16.6 Å². The lowest BCUT2D eigenvalue weighted by Gasteiger charge is -2.23. The Morgan fingerprint density at radius 3 is 2.58 bits per heavy atom. The normalized spacial score (nSPS) is 13.2. The van der Waals surface area contributed by atoms with Crippen LogP contribution in [0.15, 0.2) is 21.9 Å². The van der Waals surface area contributed by atoms with Crippen molar-refractivity contribution in [2.75, 3.05) is 6.54 Å². The highest BCUT2D eigenvalue weighted by atomic mass is 16.4. The number of hydrogen-bond acceptors (Lipinski definition) is 4. The minimum absolute atomic E-state index is 0.0406. The van der Waals surface area contributed by atoms with E-state index in [0.29, 0.717) is 6.54 Å². The quantitative estimate of drug-likeness (QED) is 0.676. The molecule has 19 heavy (non-hydrogen) atoms. The standard InChI is InChI=1S/C12H19N3O4/c1-12(2,3)7-13-8(10(17)18)6-15-5-4-9(16)14-11(15)19/h4-5,8,13H,6-7H2,1-3H3,(H,17,18)(H,14,16,19)/t8-/m0/s1. The van der Waals surface area contributed by atoms with Crippen LogP contribution in [-0.2, 0) is 11.3 Å². The van der Waals surface area contributed by atoms with Gasteiger partial charge in [0.1, 0.15) is 6.04 Å². The topological polar surface area (TPSA) is 104 Å². The maximum absolute atomic E-state index is 11.5. The molecule has 106 valence electrons. The highest BCUT2D eigenvalue weighted by Gasteiger charge is 2.21. The first kappa shape index (κ1) is 15.2. The number of carboxylic acid groups (broad SMARTS) is 1. The maximum atomic E-state index is 11.5. The van der Waals surface area contributed by atoms with Crippen LogP contribution in [0.1, 0.15) is 20.8 Å². The molecular formula is C12H19N3O4. The molecule has 0 unspecified atom stereocenters. The van der Waals surface area contributed by atoms with Crippen molar-refractivity contribution in [1.29, 1.82) is 0 Å². The largest absolute Gasteiger partial charge is 0.480 e. The Morgan fingerprint density at radius 1 is 1.47 bits per heavy atom. The molecule has 0 amide bonds. The van der Waals surface area contributed by atoms with Gasteiger partial charge in [-0.2, -0.15) is 0 Å². The Bertz CT molecular complexity index is 553. The van der Waals surface area contributed by atoms with E-state index in [0.717, 1.165) is 4.57 Å². The molecule has 7 heteroatoms. The van der Waals surface area contributed by atoms with Gasteiger partial charge < -0.3 is 10.4 Å². The predicted molar refractivity (Wildman–Crippen MR) is 70.2 cm³/mol. The lowest BCUT2D eigenvalue weighted by Crippen LogP contribution is -2.46. The average Bonchev–Trinajstić information content (AvgIpc) is 2.24. The molecular weight excluding hydrogens is 250 g/mol. The molecule has 7 nitrogen and oxygen atoms in total. The molecule has 0 bridgehead atoms. The number of aromatic nitrogens is 2. The Hall–Kier alpha value is -1.89. The fourth-order valence-electron chi connectivity index (χ4n) is 1.44. The monoisotopic (exact) mass is 269 g/mol. The minimum atomic E-state index is -1.04. The second-order valence-electron chi connectivity index (χ2n) is 5.59. The van der Waals surface area contributed by atoms with Crippen molar-refractivity contribution in [2.24, 2.45) is 5.41 Å². The number of hydrogen-bond donors (Lipinski definition) is 3. The van der Waals surface area contributed by atoms with Gasteiger partial charge >= 0.3 is 11.7 Å². The summed E-state index contributed by atoms with van der Waals surface area (Å²) < 4.78 is 1.16. The molecule has 0 aliphatic carbocycles. The summed E-state index contributed by atoms with van der Waals surface area (Å²) in [6, 6.07) is 0.298. The Kier molecular flexibility index (Phi) is 4.66. The fourth-order valence-corrected chi connectivity index (χ4v) is 1.44. The van der Waals surface area contributed by atoms with Crippen molar-refractivity contribution in [2.45, 2.75) is 33.4 Å². The summed E-state index contributed by atoms with van der Waals surface area (Å²) in [5, 5.41) is 12.0. The van der Waals surface area contributed by atoms with Crippen LogP contribution >= 0.6 is 0 Å². The van der Waals surface area contributed by atoms with Crippen LogP contribution in [0.4, 0.5) is 0 Å². The average molecular weight is 269 g/mol. The van der Waals surface area contributed by atoms with E-state index in [9.17, 15) is 14.4 Å². The van der Waals surface area contributed by atoms with Gasteiger partial charge in [0.15, 0.2) is 0 Å². The molecule has 1 aromatic rings. The van der Waals surface area contributed by atoms with E-state index >= 15 is 0 Å². The minimum Gasteiger partial charge on any atom is -0.480 e. The number of H-pyrrole nitrogens is 1. The summed E-state index contributed by atoms with van der Waals surface area (Å²) in [5.74, 6) is -1.04. The zero-order chi connectivity index (χ0) is 14.6. The van der Waals surface area contributed by atoms with E-state index in [1.807, 2.05) is 20.8 Å². The van der Waals surface area contributed by atoms with Gasteiger partial charge in [-0.05, 0) is 5.41 Å². The van der Waals surface area contributed by atoms with Gasteiger partial charge in [-0.1, -0.05) is 20.8 Å². The number of carbonyl (C=O) groups is 1. The van der Waals surface area contributed by atoms with Crippen molar-refractivity contribution in [3.63, 3.8) is 0 Å². The van der Waals surface area contributed by atoms with Crippen molar-refractivity contribution >= 4 is 5.97 Å². The van der Waals surface area contributed by atoms with E-state index in [4.69, 9.17) is 5.11 Å². The van der Waals surface area contributed by atoms with Gasteiger partial charge in [0, 0.05) is 18.8 Å². The van der Waals surface area contributed by atoms with E-state index in [-0.39, 0.29) is 12.0 Å². The molecule has 3 N–H and O–H groups in total. The van der Waals surface area contributed by atoms with Crippen molar-refractivity contribution in [1.82, 2.24) is 14.9 Å². The highest BCUT2D eigenvalue weighted by Crippen LogP contribution is 2.10. The molecule has 1 aromatic heterocycles. The zero-order valence-corrected chi connectivity index (χ0v) is 11.3. The second kappa shape index (κ2) is 5.83. The van der Waals surface area contributed by atoms with Gasteiger partial charge in [0.25, 0.3) is 5.56 Å². The van der Waals surface area contributed by atoms with Gasteiger partial charge in [-0.25, -0.2) is 4.79 Å². The molecule has 0 aromatic carbocycles. The van der Waals surface area contributed by atoms with Gasteiger partial charge in [-0.15, -0.1) is 0 Å². The molecule has 0 saturated carbocycles. The summed E-state index contributed by atoms with van der Waals surface area (Å²) in [4.78, 5) is 35.6. The summed E-state index contributed by atoms with van der Waals surface area (Å²) in [6.45, 7) is 6.39. The van der Waals surface area contributed by atoms with Crippen LogP contribution in [0, 0.1) is 5.41 Å². The van der Waals surface area contributed by atoms with Gasteiger partial charge in [0.05, 0.1) is 6.54 Å². The van der Waals surface area contributed by atoms with Crippen LogP contribution in [0.25, 0.3) is 0 Å². The summed E-state index contributed by atoms with van der Waals surface area (Å²) in [5.41, 5.74) is -1.18. The van der Waals surface area contributed by atoms with Crippen molar-refractivity contribution in [3.8, 4) is 0 Å². The number of nitrogens with one attached hydrogen (secondary N) is 2. The molecule has 0 spiro atoms. The molecule has 0 aliphatic heterocycles. The lowest BCUT2D eigenvalue weighted by atomic mass is 9.96. The number of aromatic amines is 1. The van der Waals surface area contributed by atoms with Crippen LogP contribution in [0.5, 0.6) is 0 Å². The van der Waals surface area contributed by atoms with Crippen LogP contribution in [-0.4, -0.2) is 33.2 Å². The Labute approximate surface area is 110 Å². The van der Waals surface area contributed by atoms with Crippen molar-refractivity contribution in [3.05, 3.63) is 33.1 Å². The number of rotatable bonds is 5. The first-order chi connectivity index (χ1) is 8.69. The zero-order valence-electron chi connectivity index (χ0n) is 11.3. The second-order valence-corrected chi connectivity index (χ2v) is 5.59. The summed E-state index contributed by atoms with van der Waals surface area (Å²) in [7, 11) is 0. The SMILES string of the molecule is CC(C)(C)CN[C@@H](Cn1ccc(=O)[nH]c1=O)C(=O)O. The molecule has 0 saturated heterocycles. The predicted octanol–water partition coefficient (Wildman–Crippen LogP) is -0.374. The molecule has 0 aliphatic rings. The fraction of sp³-hybridized carbons (Fsp3) is 0.583. The first-order valence-corrected chi connectivity index (χ1v) is 5.95. The van der Waals surface area contributed by atoms with Gasteiger partial charge in [0.2, 0.25) is 0 Å². The third-order valence-electron chi connectivity index (χ3n) is 2.45. The molecule has 1 heterocycles.